The van der Waals surface area contributed by atoms with Crippen LogP contribution < -0.4 is 10.1 Å². The summed E-state index contributed by atoms with van der Waals surface area (Å²) >= 11 is 0. The molecule has 4 rings (SSSR count). The van der Waals surface area contributed by atoms with Crippen molar-refractivity contribution in [2.24, 2.45) is 0 Å². The fraction of sp³-hybridized carbons (Fsp3) is 0.394. The molecule has 1 aliphatic rings. The van der Waals surface area contributed by atoms with Crippen molar-refractivity contribution >= 4 is 21.7 Å². The van der Waals surface area contributed by atoms with E-state index in [0.717, 1.165) is 48.1 Å². The molecule has 0 aliphatic carbocycles. The number of carboxylic acids is 1. The molecular formula is C33H42N2O6S. The Morgan fingerprint density at radius 2 is 1.71 bits per heavy atom. The normalized spacial score (nSPS) is 15.8. The van der Waals surface area contributed by atoms with E-state index >= 15 is 0 Å². The number of nitrogens with one attached hydrogen (secondary N) is 1. The monoisotopic (exact) mass is 594 g/mol. The maximum atomic E-state index is 13.4. The molecule has 1 saturated heterocycles. The largest absolute Gasteiger partial charge is 0.492 e. The summed E-state index contributed by atoms with van der Waals surface area (Å²) in [5, 5.41) is 12.2. The van der Waals surface area contributed by atoms with E-state index in [9.17, 15) is 23.1 Å². The number of nitrogens with zero attached hydrogens (tertiary/aromatic N) is 1. The van der Waals surface area contributed by atoms with Crippen LogP contribution in [0.25, 0.3) is 11.1 Å². The lowest BCUT2D eigenvalue weighted by molar-refractivity contribution is -0.139. The zero-order valence-electron chi connectivity index (χ0n) is 24.9. The van der Waals surface area contributed by atoms with Crippen LogP contribution in [0.15, 0.2) is 72.8 Å². The Kier molecular flexibility index (Phi) is 12.1. The Bertz CT molecular complexity index is 1440. The third kappa shape index (κ3) is 9.42. The lowest BCUT2D eigenvalue weighted by atomic mass is 9.93. The lowest BCUT2D eigenvalue weighted by Crippen LogP contribution is -2.42. The molecule has 1 heterocycles. The zero-order chi connectivity index (χ0) is 30.7. The highest BCUT2D eigenvalue weighted by Gasteiger charge is 2.27. The minimum absolute atomic E-state index is 0.209. The van der Waals surface area contributed by atoms with Crippen molar-refractivity contribution in [3.8, 4) is 16.9 Å². The standard InChI is InChI=1S/C31H36N2O6S.C2H6/c1-22-9-6-7-13-26(22)28-19-23(20-33-17-8-10-24(33)21-39-25-11-4-3-5-12-25)14-15-27(28)30(34)32-29(31(35)36)16-18-40(2,37)38;1-2/h3-7,9,11-15,19,24,29H,8,10,16-18,20-21H2,1-2H3,(H,32,34)(H,35,36);1-2H3. The van der Waals surface area contributed by atoms with Gasteiger partial charge in [-0.2, -0.15) is 0 Å². The molecule has 2 atom stereocenters. The number of hydrogen-bond acceptors (Lipinski definition) is 6. The summed E-state index contributed by atoms with van der Waals surface area (Å²) in [6, 6.07) is 22.1. The molecule has 226 valence electrons. The summed E-state index contributed by atoms with van der Waals surface area (Å²) in [6.45, 7) is 8.20. The molecule has 8 nitrogen and oxygen atoms in total. The number of carboxylic acid groups (broad SMARTS) is 1. The van der Waals surface area contributed by atoms with Gasteiger partial charge in [0.15, 0.2) is 0 Å². The molecule has 1 aliphatic heterocycles. The van der Waals surface area contributed by atoms with Crippen molar-refractivity contribution < 1.29 is 27.9 Å². The molecule has 0 aromatic heterocycles. The Labute approximate surface area is 249 Å². The van der Waals surface area contributed by atoms with Gasteiger partial charge in [-0.15, -0.1) is 0 Å². The average Bonchev–Trinajstić information content (AvgIpc) is 3.42. The number of aryl methyl sites for hydroxylation is 1. The van der Waals surface area contributed by atoms with E-state index in [-0.39, 0.29) is 18.2 Å². The van der Waals surface area contributed by atoms with Gasteiger partial charge in [0.25, 0.3) is 5.91 Å². The van der Waals surface area contributed by atoms with Crippen molar-refractivity contribution in [3.63, 3.8) is 0 Å². The van der Waals surface area contributed by atoms with E-state index in [1.807, 2.05) is 87.5 Å². The third-order valence-electron chi connectivity index (χ3n) is 7.21. The van der Waals surface area contributed by atoms with Crippen LogP contribution in [0.4, 0.5) is 0 Å². The summed E-state index contributed by atoms with van der Waals surface area (Å²) < 4.78 is 29.2. The number of hydrogen-bond donors (Lipinski definition) is 2. The van der Waals surface area contributed by atoms with E-state index < -0.39 is 27.8 Å². The maximum Gasteiger partial charge on any atom is 0.326 e. The highest BCUT2D eigenvalue weighted by molar-refractivity contribution is 7.90. The minimum atomic E-state index is -3.38. The topological polar surface area (TPSA) is 113 Å². The van der Waals surface area contributed by atoms with Crippen LogP contribution in [0.3, 0.4) is 0 Å². The first-order valence-electron chi connectivity index (χ1n) is 14.4. The SMILES string of the molecule is CC.Cc1ccccc1-c1cc(CN2CCCC2COc2ccccc2)ccc1C(=O)NC(CCS(C)(=O)=O)C(=O)O. The molecule has 3 aromatic rings. The van der Waals surface area contributed by atoms with Crippen LogP contribution in [-0.2, 0) is 21.2 Å². The Hall–Kier alpha value is -3.69. The zero-order valence-corrected chi connectivity index (χ0v) is 25.7. The van der Waals surface area contributed by atoms with Gasteiger partial charge in [0.1, 0.15) is 28.2 Å². The van der Waals surface area contributed by atoms with Gasteiger partial charge in [-0.25, -0.2) is 13.2 Å². The number of aliphatic carboxylic acids is 1. The quantitative estimate of drug-likeness (QED) is 0.291. The molecular weight excluding hydrogens is 552 g/mol. The highest BCUT2D eigenvalue weighted by atomic mass is 32.2. The molecule has 3 aromatic carbocycles. The van der Waals surface area contributed by atoms with Crippen molar-refractivity contribution in [1.29, 1.82) is 0 Å². The van der Waals surface area contributed by atoms with E-state index in [1.165, 1.54) is 0 Å². The highest BCUT2D eigenvalue weighted by Crippen LogP contribution is 2.30. The molecule has 2 unspecified atom stereocenters. The predicted molar refractivity (Wildman–Crippen MR) is 167 cm³/mol. The number of carbonyl (C=O) groups excluding carboxylic acids is 1. The van der Waals surface area contributed by atoms with Gasteiger partial charge in [-0.05, 0) is 79.3 Å². The van der Waals surface area contributed by atoms with Crippen LogP contribution in [-0.4, -0.2) is 67.5 Å². The Morgan fingerprint density at radius 1 is 1.02 bits per heavy atom. The van der Waals surface area contributed by atoms with Gasteiger partial charge in [-0.3, -0.25) is 9.69 Å². The first-order chi connectivity index (χ1) is 20.1. The van der Waals surface area contributed by atoms with Gasteiger partial charge in [0.2, 0.25) is 0 Å². The van der Waals surface area contributed by atoms with Crippen molar-refractivity contribution in [2.45, 2.75) is 58.7 Å². The second-order valence-corrected chi connectivity index (χ2v) is 12.6. The number of para-hydroxylation sites is 1. The number of likely N-dealkylation sites (tertiary alicyclic amines) is 1. The Morgan fingerprint density at radius 3 is 2.38 bits per heavy atom. The summed E-state index contributed by atoms with van der Waals surface area (Å²) in [5.41, 5.74) is 3.94. The van der Waals surface area contributed by atoms with Crippen LogP contribution >= 0.6 is 0 Å². The first-order valence-corrected chi connectivity index (χ1v) is 16.5. The lowest BCUT2D eigenvalue weighted by Gasteiger charge is -2.25. The number of benzene rings is 3. The first kappa shape index (κ1) is 32.8. The summed E-state index contributed by atoms with van der Waals surface area (Å²) in [4.78, 5) is 27.5. The van der Waals surface area contributed by atoms with E-state index in [2.05, 4.69) is 10.2 Å². The van der Waals surface area contributed by atoms with Crippen LogP contribution in [0.1, 0.15) is 54.6 Å². The molecule has 1 amide bonds. The van der Waals surface area contributed by atoms with Crippen molar-refractivity contribution in [3.05, 3.63) is 89.5 Å². The predicted octanol–water partition coefficient (Wildman–Crippen LogP) is 5.35. The van der Waals surface area contributed by atoms with E-state index in [0.29, 0.717) is 24.3 Å². The van der Waals surface area contributed by atoms with Crippen molar-refractivity contribution in [1.82, 2.24) is 10.2 Å². The smallest absolute Gasteiger partial charge is 0.326 e. The van der Waals surface area contributed by atoms with Gasteiger partial charge in [-0.1, -0.05) is 62.4 Å². The number of rotatable bonds is 12. The number of ether oxygens (including phenoxy) is 1. The third-order valence-corrected chi connectivity index (χ3v) is 8.19. The summed E-state index contributed by atoms with van der Waals surface area (Å²) in [7, 11) is -3.38. The number of amides is 1. The summed E-state index contributed by atoms with van der Waals surface area (Å²) in [6.07, 6.45) is 2.96. The van der Waals surface area contributed by atoms with Crippen LogP contribution in [0.2, 0.25) is 0 Å². The van der Waals surface area contributed by atoms with Crippen molar-refractivity contribution in [2.75, 3.05) is 25.2 Å². The molecule has 1 fully saturated rings. The molecule has 42 heavy (non-hydrogen) atoms. The molecule has 2 N–H and O–H groups in total. The molecule has 0 spiro atoms. The maximum absolute atomic E-state index is 13.4. The number of carbonyl (C=O) groups is 2. The number of sulfone groups is 1. The molecule has 0 radical (unpaired) electrons. The Balaban J connectivity index is 0.00000237. The minimum Gasteiger partial charge on any atom is -0.492 e. The fourth-order valence-corrected chi connectivity index (χ4v) is 5.71. The van der Waals surface area contributed by atoms with Crippen LogP contribution in [0, 0.1) is 6.92 Å². The van der Waals surface area contributed by atoms with Gasteiger partial charge in [0, 0.05) is 24.4 Å². The van der Waals surface area contributed by atoms with E-state index in [1.54, 1.807) is 6.07 Å². The summed E-state index contributed by atoms with van der Waals surface area (Å²) in [5.74, 6) is -1.31. The van der Waals surface area contributed by atoms with Gasteiger partial charge >= 0.3 is 5.97 Å². The second-order valence-electron chi connectivity index (χ2n) is 10.4. The van der Waals surface area contributed by atoms with Gasteiger partial charge < -0.3 is 15.2 Å². The van der Waals surface area contributed by atoms with Gasteiger partial charge in [0.05, 0.1) is 5.75 Å². The van der Waals surface area contributed by atoms with Crippen LogP contribution in [0.5, 0.6) is 5.75 Å². The fourth-order valence-electron chi connectivity index (χ4n) is 5.05. The molecule has 0 bridgehead atoms. The average molecular weight is 595 g/mol. The van der Waals surface area contributed by atoms with E-state index in [4.69, 9.17) is 4.74 Å². The molecule has 0 saturated carbocycles. The molecule has 9 heteroatoms. The second kappa shape index (κ2) is 15.5.